The number of benzene rings is 1. The first-order valence-electron chi connectivity index (χ1n) is 11.7. The maximum Gasteiger partial charge on any atom is 0.417 e. The van der Waals surface area contributed by atoms with Gasteiger partial charge in [-0.3, -0.25) is 4.98 Å². The largest absolute Gasteiger partial charge is 0.477 e. The van der Waals surface area contributed by atoms with Gasteiger partial charge in [0.05, 0.1) is 22.5 Å². The number of nitrogens with zero attached hydrogens (tertiary/aromatic N) is 3. The highest BCUT2D eigenvalue weighted by molar-refractivity contribution is 7.21. The van der Waals surface area contributed by atoms with Crippen LogP contribution in [0.4, 0.5) is 24.7 Å². The zero-order valence-corrected chi connectivity index (χ0v) is 20.3. The molecule has 0 aliphatic carbocycles. The third-order valence-corrected chi connectivity index (χ3v) is 7.65. The number of nitrogens with one attached hydrogen (secondary N) is 1. The lowest BCUT2D eigenvalue weighted by Crippen LogP contribution is -2.44. The van der Waals surface area contributed by atoms with E-state index in [2.05, 4.69) is 15.3 Å². The molecular formula is C25H24F3N5O3S. The number of aromatic nitrogens is 2. The Kier molecular flexibility index (Phi) is 6.65. The molecule has 1 unspecified atom stereocenters. The molecule has 4 heterocycles. The molecule has 0 amide bonds. The number of halogens is 3. The number of thiophene rings is 1. The summed E-state index contributed by atoms with van der Waals surface area (Å²) in [6.07, 6.45) is -4.25. The predicted molar refractivity (Wildman–Crippen MR) is 136 cm³/mol. The quantitative estimate of drug-likeness (QED) is 0.288. The highest BCUT2D eigenvalue weighted by Gasteiger charge is 2.37. The van der Waals surface area contributed by atoms with Gasteiger partial charge in [-0.1, -0.05) is 24.3 Å². The van der Waals surface area contributed by atoms with Crippen molar-refractivity contribution in [1.82, 2.24) is 15.3 Å². The minimum absolute atomic E-state index is 0.0500. The second kappa shape index (κ2) is 9.77. The number of rotatable bonds is 6. The lowest BCUT2D eigenvalue weighted by atomic mass is 10.0. The van der Waals surface area contributed by atoms with Crippen molar-refractivity contribution in [1.29, 1.82) is 0 Å². The topological polar surface area (TPSA) is 125 Å². The summed E-state index contributed by atoms with van der Waals surface area (Å²) in [4.78, 5) is 21.6. The Balaban J connectivity index is 1.26. The second-order valence-electron chi connectivity index (χ2n) is 8.97. The summed E-state index contributed by atoms with van der Waals surface area (Å²) in [6.45, 7) is 1.19. The summed E-state index contributed by atoms with van der Waals surface area (Å²) in [7, 11) is 0. The molecule has 12 heteroatoms. The molecule has 37 heavy (non-hydrogen) atoms. The zero-order chi connectivity index (χ0) is 26.3. The number of carboxylic acid groups (broad SMARTS) is 1. The molecule has 1 fully saturated rings. The monoisotopic (exact) mass is 531 g/mol. The van der Waals surface area contributed by atoms with Crippen molar-refractivity contribution in [2.75, 3.05) is 30.3 Å². The normalized spacial score (nSPS) is 15.9. The van der Waals surface area contributed by atoms with E-state index in [9.17, 15) is 28.2 Å². The first-order valence-corrected chi connectivity index (χ1v) is 12.5. The van der Waals surface area contributed by atoms with E-state index < -0.39 is 29.5 Å². The summed E-state index contributed by atoms with van der Waals surface area (Å²) in [5, 5.41) is 23.9. The number of aromatic carboxylic acids is 1. The lowest BCUT2D eigenvalue weighted by Gasteiger charge is -2.34. The Morgan fingerprint density at radius 3 is 2.62 bits per heavy atom. The average molecular weight is 532 g/mol. The number of aliphatic hydroxyl groups excluding tert-OH is 1. The van der Waals surface area contributed by atoms with Gasteiger partial charge >= 0.3 is 12.1 Å². The number of nitrogen functional groups attached to an aromatic ring is 1. The number of nitrogens with two attached hydrogens (primary N) is 1. The van der Waals surface area contributed by atoms with Crippen LogP contribution < -0.4 is 16.0 Å². The van der Waals surface area contributed by atoms with Crippen LogP contribution in [0, 0.1) is 0 Å². The van der Waals surface area contributed by atoms with Crippen molar-refractivity contribution in [2.45, 2.75) is 31.2 Å². The molecule has 0 spiro atoms. The zero-order valence-electron chi connectivity index (χ0n) is 19.5. The van der Waals surface area contributed by atoms with Gasteiger partial charge in [-0.25, -0.2) is 9.78 Å². The molecule has 1 aliphatic heterocycles. The molecular weight excluding hydrogens is 507 g/mol. The number of hydrogen-bond acceptors (Lipinski definition) is 8. The van der Waals surface area contributed by atoms with E-state index in [0.717, 1.165) is 17.0 Å². The molecule has 0 bridgehead atoms. The fourth-order valence-corrected chi connectivity index (χ4v) is 5.57. The van der Waals surface area contributed by atoms with E-state index in [0.29, 0.717) is 49.5 Å². The van der Waals surface area contributed by atoms with Crippen LogP contribution in [-0.2, 0) is 6.18 Å². The SMILES string of the molecule is Nc1c(C(=O)O)sc2nc(N3CCC(NCC(O)c4ccc5ccccc5n4)CC3)cc(C(F)(F)F)c12. The number of aliphatic hydroxyl groups is 1. The molecule has 0 saturated carbocycles. The molecule has 5 N–H and O–H groups in total. The molecule has 5 rings (SSSR count). The van der Waals surface area contributed by atoms with Crippen molar-refractivity contribution in [3.05, 3.63) is 58.6 Å². The van der Waals surface area contributed by atoms with Crippen molar-refractivity contribution in [2.24, 2.45) is 0 Å². The number of hydrogen-bond donors (Lipinski definition) is 4. The fourth-order valence-electron chi connectivity index (χ4n) is 4.62. The van der Waals surface area contributed by atoms with Gasteiger partial charge in [0.2, 0.25) is 0 Å². The van der Waals surface area contributed by atoms with Gasteiger partial charge in [0, 0.05) is 36.4 Å². The number of para-hydroxylation sites is 1. The minimum atomic E-state index is -4.71. The predicted octanol–water partition coefficient (Wildman–Crippen LogP) is 4.44. The molecule has 3 aromatic heterocycles. The molecule has 194 valence electrons. The number of carboxylic acids is 1. The number of piperidine rings is 1. The van der Waals surface area contributed by atoms with Gasteiger partial charge in [0.15, 0.2) is 0 Å². The third-order valence-electron chi connectivity index (χ3n) is 6.57. The molecule has 8 nitrogen and oxygen atoms in total. The van der Waals surface area contributed by atoms with Crippen LogP contribution in [0.2, 0.25) is 0 Å². The third kappa shape index (κ3) is 5.04. The van der Waals surface area contributed by atoms with E-state index >= 15 is 0 Å². The lowest BCUT2D eigenvalue weighted by molar-refractivity contribution is -0.136. The standard InChI is InChI=1S/C25H24F3N5O3S/c26-25(27,28)15-11-19(32-23-20(15)21(29)22(37-23)24(35)36)33-9-7-14(8-10-33)30-12-18(34)17-6-5-13-3-1-2-4-16(13)31-17/h1-6,11,14,18,30,34H,7-10,12,29H2,(H,35,36). The Morgan fingerprint density at radius 2 is 1.92 bits per heavy atom. The fraction of sp³-hybridized carbons (Fsp3) is 0.320. The van der Waals surface area contributed by atoms with Crippen LogP contribution in [0.25, 0.3) is 21.1 Å². The van der Waals surface area contributed by atoms with E-state index in [1.807, 2.05) is 30.3 Å². The smallest absolute Gasteiger partial charge is 0.417 e. The van der Waals surface area contributed by atoms with E-state index in [4.69, 9.17) is 5.73 Å². The maximum atomic E-state index is 13.8. The summed E-state index contributed by atoms with van der Waals surface area (Å²) < 4.78 is 41.5. The van der Waals surface area contributed by atoms with Gasteiger partial charge in [0.1, 0.15) is 21.6 Å². The Labute approximate surface area is 213 Å². The number of fused-ring (bicyclic) bond motifs is 2. The summed E-state index contributed by atoms with van der Waals surface area (Å²) in [6, 6.07) is 12.4. The highest BCUT2D eigenvalue weighted by atomic mass is 32.1. The maximum absolute atomic E-state index is 13.8. The number of pyridine rings is 2. The molecule has 1 aliphatic rings. The van der Waals surface area contributed by atoms with Crippen molar-refractivity contribution in [3.8, 4) is 0 Å². The van der Waals surface area contributed by atoms with Crippen LogP contribution in [0.5, 0.6) is 0 Å². The van der Waals surface area contributed by atoms with Crippen LogP contribution in [0.1, 0.15) is 39.9 Å². The highest BCUT2D eigenvalue weighted by Crippen LogP contribution is 2.43. The van der Waals surface area contributed by atoms with Gasteiger partial charge in [-0.2, -0.15) is 13.2 Å². The molecule has 1 atom stereocenters. The van der Waals surface area contributed by atoms with E-state index in [-0.39, 0.29) is 27.0 Å². The number of carbonyl (C=O) groups is 1. The first-order chi connectivity index (χ1) is 17.6. The molecule has 1 aromatic carbocycles. The van der Waals surface area contributed by atoms with Gasteiger partial charge in [-0.05, 0) is 31.0 Å². The number of anilines is 2. The molecule has 4 aromatic rings. The van der Waals surface area contributed by atoms with Crippen LogP contribution in [-0.4, -0.2) is 51.8 Å². The van der Waals surface area contributed by atoms with Crippen molar-refractivity contribution >= 4 is 49.9 Å². The summed E-state index contributed by atoms with van der Waals surface area (Å²) in [5.41, 5.74) is 5.72. The van der Waals surface area contributed by atoms with Crippen LogP contribution in [0.15, 0.2) is 42.5 Å². The number of alkyl halides is 3. The van der Waals surface area contributed by atoms with Crippen molar-refractivity contribution < 1.29 is 28.2 Å². The molecule has 1 saturated heterocycles. The Morgan fingerprint density at radius 1 is 1.19 bits per heavy atom. The van der Waals surface area contributed by atoms with Gasteiger partial charge in [0.25, 0.3) is 0 Å². The van der Waals surface area contributed by atoms with Crippen LogP contribution in [0.3, 0.4) is 0 Å². The van der Waals surface area contributed by atoms with Gasteiger partial charge < -0.3 is 26.2 Å². The summed E-state index contributed by atoms with van der Waals surface area (Å²) >= 11 is 0.642. The Hall–Kier alpha value is -3.48. The van der Waals surface area contributed by atoms with E-state index in [1.54, 1.807) is 11.0 Å². The average Bonchev–Trinajstić information content (AvgIpc) is 3.22. The van der Waals surface area contributed by atoms with Gasteiger partial charge in [-0.15, -0.1) is 11.3 Å². The van der Waals surface area contributed by atoms with Crippen LogP contribution >= 0.6 is 11.3 Å². The Bertz CT molecular complexity index is 1470. The van der Waals surface area contributed by atoms with E-state index in [1.165, 1.54) is 0 Å². The first kappa shape index (κ1) is 25.2. The van der Waals surface area contributed by atoms with Crippen molar-refractivity contribution in [3.63, 3.8) is 0 Å². The minimum Gasteiger partial charge on any atom is -0.477 e. The molecule has 0 radical (unpaired) electrons. The summed E-state index contributed by atoms with van der Waals surface area (Å²) in [5.74, 6) is -1.25. The second-order valence-corrected chi connectivity index (χ2v) is 9.97.